The number of hydrogen-bond acceptors (Lipinski definition) is 3. The topological polar surface area (TPSA) is 98.7 Å². The molecule has 7 nitrogen and oxygen atoms in total. The van der Waals surface area contributed by atoms with Crippen molar-refractivity contribution in [2.75, 3.05) is 20.6 Å². The minimum Gasteiger partial charge on any atom is -0.481 e. The van der Waals surface area contributed by atoms with Crippen molar-refractivity contribution in [2.45, 2.75) is 26.3 Å². The Labute approximate surface area is 107 Å². The van der Waals surface area contributed by atoms with Gasteiger partial charge in [0.2, 0.25) is 5.91 Å². The molecule has 0 aliphatic heterocycles. The second kappa shape index (κ2) is 7.52. The maximum atomic E-state index is 11.7. The van der Waals surface area contributed by atoms with E-state index in [-0.39, 0.29) is 30.8 Å². The Kier molecular flexibility index (Phi) is 6.77. The summed E-state index contributed by atoms with van der Waals surface area (Å²) in [5, 5.41) is 13.6. The Balaban J connectivity index is 4.18. The molecule has 2 unspecified atom stereocenters. The highest BCUT2D eigenvalue weighted by molar-refractivity contribution is 5.80. The number of hydrogen-bond donors (Lipinski definition) is 3. The summed E-state index contributed by atoms with van der Waals surface area (Å²) in [4.78, 5) is 34.8. The van der Waals surface area contributed by atoms with Crippen molar-refractivity contribution in [3.05, 3.63) is 0 Å². The van der Waals surface area contributed by atoms with E-state index in [2.05, 4.69) is 10.6 Å². The highest BCUT2D eigenvalue weighted by atomic mass is 16.4. The van der Waals surface area contributed by atoms with Gasteiger partial charge in [0.05, 0.1) is 12.3 Å². The van der Waals surface area contributed by atoms with Crippen LogP contribution in [0.3, 0.4) is 0 Å². The highest BCUT2D eigenvalue weighted by Crippen LogP contribution is 2.00. The van der Waals surface area contributed by atoms with Crippen LogP contribution in [0.2, 0.25) is 0 Å². The number of carboxylic acid groups (broad SMARTS) is 1. The predicted octanol–water partition coefficient (Wildman–Crippen LogP) is -0.127. The second-order valence-corrected chi connectivity index (χ2v) is 4.34. The molecule has 104 valence electrons. The molecule has 2 atom stereocenters. The molecule has 0 saturated carbocycles. The normalized spacial score (nSPS) is 13.3. The van der Waals surface area contributed by atoms with E-state index in [1.54, 1.807) is 20.9 Å². The van der Waals surface area contributed by atoms with Crippen molar-refractivity contribution in [1.29, 1.82) is 0 Å². The van der Waals surface area contributed by atoms with E-state index in [1.807, 2.05) is 0 Å². The molecule has 0 bridgehead atoms. The van der Waals surface area contributed by atoms with Crippen LogP contribution in [-0.2, 0) is 9.59 Å². The third-order valence-corrected chi connectivity index (χ3v) is 2.44. The third-order valence-electron chi connectivity index (χ3n) is 2.44. The van der Waals surface area contributed by atoms with Crippen LogP contribution in [-0.4, -0.2) is 54.6 Å². The van der Waals surface area contributed by atoms with Crippen LogP contribution in [0.1, 0.15) is 20.3 Å². The fraction of sp³-hybridized carbons (Fsp3) is 0.727. The summed E-state index contributed by atoms with van der Waals surface area (Å²) in [6.07, 6.45) is -0.134. The lowest BCUT2D eigenvalue weighted by molar-refractivity contribution is -0.137. The molecule has 0 heterocycles. The van der Waals surface area contributed by atoms with Crippen molar-refractivity contribution in [1.82, 2.24) is 15.5 Å². The van der Waals surface area contributed by atoms with Gasteiger partial charge in [-0.05, 0) is 6.92 Å². The highest BCUT2D eigenvalue weighted by Gasteiger charge is 2.19. The van der Waals surface area contributed by atoms with Gasteiger partial charge in [0.1, 0.15) is 0 Å². The van der Waals surface area contributed by atoms with E-state index in [4.69, 9.17) is 5.11 Å². The molecular formula is C11H21N3O4. The van der Waals surface area contributed by atoms with Crippen molar-refractivity contribution in [2.24, 2.45) is 5.92 Å². The molecule has 0 radical (unpaired) electrons. The first-order valence-corrected chi connectivity index (χ1v) is 5.73. The van der Waals surface area contributed by atoms with E-state index in [0.717, 1.165) is 0 Å². The molecule has 0 fully saturated rings. The second-order valence-electron chi connectivity index (χ2n) is 4.34. The maximum absolute atomic E-state index is 11.7. The fourth-order valence-corrected chi connectivity index (χ4v) is 1.46. The third kappa shape index (κ3) is 6.07. The van der Waals surface area contributed by atoms with Crippen molar-refractivity contribution < 1.29 is 19.5 Å². The predicted molar refractivity (Wildman–Crippen MR) is 66.1 cm³/mol. The number of carbonyl (C=O) groups excluding carboxylic acids is 2. The lowest BCUT2D eigenvalue weighted by Gasteiger charge is -2.23. The van der Waals surface area contributed by atoms with Gasteiger partial charge in [0.15, 0.2) is 0 Å². The van der Waals surface area contributed by atoms with Gasteiger partial charge >= 0.3 is 12.0 Å². The number of carbonyl (C=O) groups is 3. The van der Waals surface area contributed by atoms with Gasteiger partial charge < -0.3 is 20.6 Å². The first-order chi connectivity index (χ1) is 8.27. The van der Waals surface area contributed by atoms with Crippen LogP contribution in [0.25, 0.3) is 0 Å². The zero-order chi connectivity index (χ0) is 14.3. The van der Waals surface area contributed by atoms with Gasteiger partial charge in [-0.15, -0.1) is 0 Å². The van der Waals surface area contributed by atoms with Crippen molar-refractivity contribution >= 4 is 17.9 Å². The molecule has 0 aromatic heterocycles. The zero-order valence-electron chi connectivity index (χ0n) is 11.2. The quantitative estimate of drug-likeness (QED) is 0.619. The van der Waals surface area contributed by atoms with Crippen molar-refractivity contribution in [3.8, 4) is 0 Å². The summed E-state index contributed by atoms with van der Waals surface area (Å²) in [7, 11) is 3.09. The average molecular weight is 259 g/mol. The first kappa shape index (κ1) is 16.2. The van der Waals surface area contributed by atoms with Crippen molar-refractivity contribution in [3.63, 3.8) is 0 Å². The van der Waals surface area contributed by atoms with E-state index in [9.17, 15) is 14.4 Å². The van der Waals surface area contributed by atoms with E-state index < -0.39 is 12.0 Å². The average Bonchev–Trinajstić information content (AvgIpc) is 2.26. The fourth-order valence-electron chi connectivity index (χ4n) is 1.46. The summed E-state index contributed by atoms with van der Waals surface area (Å²) in [5.74, 6) is -1.43. The van der Waals surface area contributed by atoms with Gasteiger partial charge in [-0.1, -0.05) is 6.92 Å². The van der Waals surface area contributed by atoms with Crippen LogP contribution in [0.5, 0.6) is 0 Å². The van der Waals surface area contributed by atoms with Crippen LogP contribution in [0.4, 0.5) is 4.79 Å². The molecule has 0 spiro atoms. The number of urea groups is 1. The molecule has 0 saturated heterocycles. The Hall–Kier alpha value is -1.79. The van der Waals surface area contributed by atoms with Crippen LogP contribution >= 0.6 is 0 Å². The summed E-state index contributed by atoms with van der Waals surface area (Å²) >= 11 is 0. The number of nitrogens with one attached hydrogen (secondary N) is 2. The molecule has 7 heteroatoms. The summed E-state index contributed by atoms with van der Waals surface area (Å²) < 4.78 is 0. The zero-order valence-corrected chi connectivity index (χ0v) is 11.2. The smallest absolute Gasteiger partial charge is 0.317 e. The van der Waals surface area contributed by atoms with Crippen LogP contribution in [0.15, 0.2) is 0 Å². The Morgan fingerprint density at radius 3 is 2.28 bits per heavy atom. The monoisotopic (exact) mass is 259 g/mol. The SMILES string of the molecule is CNC(=O)C(C)CN(C)C(=O)NC(C)CC(=O)O. The number of nitrogens with zero attached hydrogens (tertiary/aromatic N) is 1. The largest absolute Gasteiger partial charge is 0.481 e. The van der Waals surface area contributed by atoms with Gasteiger partial charge in [-0.25, -0.2) is 4.79 Å². The lowest BCUT2D eigenvalue weighted by Crippen LogP contribution is -2.45. The molecular weight excluding hydrogens is 238 g/mol. The molecule has 3 N–H and O–H groups in total. The minimum atomic E-state index is -0.968. The number of carboxylic acids is 1. The van der Waals surface area contributed by atoms with Gasteiger partial charge in [0.25, 0.3) is 0 Å². The molecule has 0 rings (SSSR count). The summed E-state index contributed by atoms with van der Waals surface area (Å²) in [6, 6.07) is -0.840. The lowest BCUT2D eigenvalue weighted by atomic mass is 10.1. The molecule has 0 aromatic carbocycles. The minimum absolute atomic E-state index is 0.134. The van der Waals surface area contributed by atoms with E-state index in [1.165, 1.54) is 11.9 Å². The summed E-state index contributed by atoms with van der Waals surface area (Å²) in [6.45, 7) is 3.59. The number of aliphatic carboxylic acids is 1. The Morgan fingerprint density at radius 1 is 1.28 bits per heavy atom. The van der Waals surface area contributed by atoms with Crippen LogP contribution < -0.4 is 10.6 Å². The molecule has 0 aliphatic rings. The molecule has 3 amide bonds. The van der Waals surface area contributed by atoms with Crippen LogP contribution in [0, 0.1) is 5.92 Å². The summed E-state index contributed by atoms with van der Waals surface area (Å²) in [5.41, 5.74) is 0. The van der Waals surface area contributed by atoms with Gasteiger partial charge in [-0.3, -0.25) is 9.59 Å². The van der Waals surface area contributed by atoms with Gasteiger partial charge in [-0.2, -0.15) is 0 Å². The standard InChI is InChI=1S/C11H21N3O4/c1-7(10(17)12-3)6-14(4)11(18)13-8(2)5-9(15)16/h7-8H,5-6H2,1-4H3,(H,12,17)(H,13,18)(H,15,16). The Bertz CT molecular complexity index is 319. The van der Waals surface area contributed by atoms with Gasteiger partial charge in [0, 0.05) is 26.7 Å². The number of amides is 3. The molecule has 0 aliphatic carbocycles. The number of rotatable bonds is 6. The van der Waals surface area contributed by atoms with E-state index in [0.29, 0.717) is 0 Å². The molecule has 18 heavy (non-hydrogen) atoms. The Morgan fingerprint density at radius 2 is 1.83 bits per heavy atom. The maximum Gasteiger partial charge on any atom is 0.317 e. The first-order valence-electron chi connectivity index (χ1n) is 5.73. The molecule has 0 aromatic rings. The van der Waals surface area contributed by atoms with E-state index >= 15 is 0 Å².